The average Bonchev–Trinajstić information content (AvgIpc) is 3.38. The number of phosphoric acid groups is 1. The molecule has 0 fully saturated rings. The van der Waals surface area contributed by atoms with Crippen molar-refractivity contribution in [3.63, 3.8) is 0 Å². The molecule has 10 heteroatoms. The Morgan fingerprint density at radius 3 is 1.32 bits per heavy atom. The number of hydrogen-bond donors (Lipinski definition) is 2. The predicted octanol–water partition coefficient (Wildman–Crippen LogP) is 19.2. The molecular weight excluding hydrogens is 964 g/mol. The van der Waals surface area contributed by atoms with E-state index in [-0.39, 0.29) is 31.5 Å². The molecule has 2 N–H and O–H groups in total. The molecule has 0 heterocycles. The second kappa shape index (κ2) is 55.3. The summed E-state index contributed by atoms with van der Waals surface area (Å²) < 4.78 is 30.6. The van der Waals surface area contributed by atoms with Crippen LogP contribution in [0.3, 0.4) is 0 Å². The van der Waals surface area contributed by atoms with E-state index in [1.807, 2.05) is 33.3 Å². The van der Waals surface area contributed by atoms with Crippen LogP contribution in [0, 0.1) is 0 Å². The normalized spacial score (nSPS) is 14.4. The van der Waals surface area contributed by atoms with Crippen molar-refractivity contribution in [3.8, 4) is 0 Å². The number of amides is 1. The summed E-state index contributed by atoms with van der Waals surface area (Å²) in [7, 11) is 1.48. The maximum atomic E-state index is 13.5. The zero-order chi connectivity index (χ0) is 55.7. The van der Waals surface area contributed by atoms with Crippen molar-refractivity contribution >= 4 is 19.7 Å². The van der Waals surface area contributed by atoms with Crippen molar-refractivity contribution in [2.24, 2.45) is 0 Å². The highest BCUT2D eigenvalue weighted by molar-refractivity contribution is 7.47. The van der Waals surface area contributed by atoms with Gasteiger partial charge in [-0.1, -0.05) is 240 Å². The predicted molar refractivity (Wildman–Crippen MR) is 327 cm³/mol. The quantitative estimate of drug-likeness (QED) is 0.0205. The molecule has 0 saturated carbocycles. The molecule has 0 aromatic rings. The third-order valence-electron chi connectivity index (χ3n) is 13.3. The molecule has 3 unspecified atom stereocenters. The Hall–Kier alpha value is -3.07. The van der Waals surface area contributed by atoms with Gasteiger partial charge in [0.25, 0.3) is 0 Å². The van der Waals surface area contributed by atoms with Crippen LogP contribution < -0.4 is 5.32 Å². The molecule has 3 atom stereocenters. The number of hydrogen-bond acceptors (Lipinski definition) is 6. The van der Waals surface area contributed by atoms with Gasteiger partial charge in [0.1, 0.15) is 19.3 Å². The van der Waals surface area contributed by atoms with Gasteiger partial charge in [-0.2, -0.15) is 0 Å². The minimum Gasteiger partial charge on any atom is -0.456 e. The van der Waals surface area contributed by atoms with Gasteiger partial charge in [0.05, 0.1) is 33.8 Å². The summed E-state index contributed by atoms with van der Waals surface area (Å²) in [5, 5.41) is 3.04. The number of likely N-dealkylation sites (N-methyl/N-ethyl adjacent to an activating group) is 1. The number of phosphoric ester groups is 1. The minimum absolute atomic E-state index is 0.0334. The number of ether oxygens (including phenoxy) is 1. The van der Waals surface area contributed by atoms with E-state index >= 15 is 0 Å². The van der Waals surface area contributed by atoms with Gasteiger partial charge in [-0.15, -0.1) is 0 Å². The number of carbonyl (C=O) groups excluding carboxylic acids is 2. The second-order valence-corrected chi connectivity index (χ2v) is 23.3. The summed E-state index contributed by atoms with van der Waals surface area (Å²) in [5.41, 5.74) is 0. The minimum atomic E-state index is -4.45. The Balaban J connectivity index is 5.11. The van der Waals surface area contributed by atoms with Crippen LogP contribution in [-0.2, 0) is 27.9 Å². The Labute approximate surface area is 468 Å². The topological polar surface area (TPSA) is 111 Å². The fourth-order valence-electron chi connectivity index (χ4n) is 8.45. The molecule has 0 aromatic heterocycles. The Bertz CT molecular complexity index is 1620. The molecule has 0 spiro atoms. The molecule has 438 valence electrons. The number of esters is 1. The van der Waals surface area contributed by atoms with Gasteiger partial charge in [-0.05, 0) is 102 Å². The van der Waals surface area contributed by atoms with Crippen LogP contribution >= 0.6 is 7.82 Å². The maximum Gasteiger partial charge on any atom is 0.472 e. The molecule has 0 aliphatic heterocycles. The average molecular weight is 1080 g/mol. The van der Waals surface area contributed by atoms with Crippen molar-refractivity contribution in [1.82, 2.24) is 5.32 Å². The van der Waals surface area contributed by atoms with E-state index in [0.29, 0.717) is 17.4 Å². The number of allylic oxidation sites excluding steroid dienone is 15. The van der Waals surface area contributed by atoms with Gasteiger partial charge in [0, 0.05) is 12.8 Å². The van der Waals surface area contributed by atoms with E-state index in [0.717, 1.165) is 135 Å². The van der Waals surface area contributed by atoms with Crippen molar-refractivity contribution in [1.29, 1.82) is 0 Å². The Morgan fingerprint density at radius 2 is 0.855 bits per heavy atom. The van der Waals surface area contributed by atoms with Crippen LogP contribution in [0.15, 0.2) is 97.2 Å². The van der Waals surface area contributed by atoms with Crippen molar-refractivity contribution in [2.45, 2.75) is 270 Å². The van der Waals surface area contributed by atoms with E-state index in [9.17, 15) is 19.0 Å². The van der Waals surface area contributed by atoms with Gasteiger partial charge >= 0.3 is 13.8 Å². The van der Waals surface area contributed by atoms with Crippen LogP contribution in [0.2, 0.25) is 0 Å². The molecule has 0 saturated heterocycles. The highest BCUT2D eigenvalue weighted by Gasteiger charge is 2.30. The van der Waals surface area contributed by atoms with Crippen molar-refractivity contribution in [3.05, 3.63) is 97.2 Å². The monoisotopic (exact) mass is 1080 g/mol. The highest BCUT2D eigenvalue weighted by Crippen LogP contribution is 2.43. The molecule has 0 bridgehead atoms. The lowest BCUT2D eigenvalue weighted by Gasteiger charge is -2.27. The van der Waals surface area contributed by atoms with E-state index in [4.69, 9.17) is 13.8 Å². The molecule has 0 aromatic carbocycles. The largest absolute Gasteiger partial charge is 0.472 e. The fourth-order valence-corrected chi connectivity index (χ4v) is 9.19. The van der Waals surface area contributed by atoms with Gasteiger partial charge in [-0.25, -0.2) is 4.57 Å². The zero-order valence-electron chi connectivity index (χ0n) is 50.0. The van der Waals surface area contributed by atoms with Crippen LogP contribution in [-0.4, -0.2) is 74.3 Å². The number of unbranched alkanes of at least 4 members (excludes halogenated alkanes) is 25. The smallest absolute Gasteiger partial charge is 0.456 e. The lowest BCUT2D eigenvalue weighted by atomic mass is 10.0. The number of carbonyl (C=O) groups is 2. The van der Waals surface area contributed by atoms with Crippen LogP contribution in [0.1, 0.15) is 258 Å². The van der Waals surface area contributed by atoms with Gasteiger partial charge in [-0.3, -0.25) is 18.6 Å². The summed E-state index contributed by atoms with van der Waals surface area (Å²) in [6.07, 6.45) is 74.1. The third kappa shape index (κ3) is 55.7. The van der Waals surface area contributed by atoms with E-state index in [2.05, 4.69) is 111 Å². The molecule has 9 nitrogen and oxygen atoms in total. The molecule has 1 amide bonds. The number of quaternary nitrogens is 1. The van der Waals surface area contributed by atoms with E-state index in [1.54, 1.807) is 0 Å². The lowest BCUT2D eigenvalue weighted by Crippen LogP contribution is -2.47. The molecule has 0 aliphatic carbocycles. The van der Waals surface area contributed by atoms with Crippen molar-refractivity contribution in [2.75, 3.05) is 40.9 Å². The summed E-state index contributed by atoms with van der Waals surface area (Å²) >= 11 is 0. The van der Waals surface area contributed by atoms with Gasteiger partial charge in [0.15, 0.2) is 0 Å². The van der Waals surface area contributed by atoms with Crippen LogP contribution in [0.4, 0.5) is 0 Å². The summed E-state index contributed by atoms with van der Waals surface area (Å²) in [6.45, 7) is 6.84. The first kappa shape index (κ1) is 72.9. The first-order chi connectivity index (χ1) is 36.9. The number of rotatable bonds is 55. The first-order valence-corrected chi connectivity index (χ1v) is 32.6. The third-order valence-corrected chi connectivity index (χ3v) is 14.2. The SMILES string of the molecule is CC/C=C\C/C=C\C/C=C\C/C=C\C/C=C\C/C=C\CCCCCCCCCCC(=O)OC(/C=C\CCCCCCCCCCCC)C(COP(=O)(O)OCC[N+](C)(C)C)NC(=O)CCCCCCC/C=C\CCCC. The van der Waals surface area contributed by atoms with E-state index < -0.39 is 20.0 Å². The summed E-state index contributed by atoms with van der Waals surface area (Å²) in [5.74, 6) is -0.530. The highest BCUT2D eigenvalue weighted by atomic mass is 31.2. The summed E-state index contributed by atoms with van der Waals surface area (Å²) in [6, 6.07) is -0.859. The van der Waals surface area contributed by atoms with Gasteiger partial charge < -0.3 is 19.4 Å². The Kier molecular flexibility index (Phi) is 53.0. The number of nitrogens with one attached hydrogen (secondary N) is 1. The van der Waals surface area contributed by atoms with Gasteiger partial charge in [0.2, 0.25) is 5.91 Å². The maximum absolute atomic E-state index is 13.5. The Morgan fingerprint density at radius 1 is 0.474 bits per heavy atom. The molecule has 0 rings (SSSR count). The molecule has 76 heavy (non-hydrogen) atoms. The zero-order valence-corrected chi connectivity index (χ0v) is 50.9. The number of nitrogens with zero attached hydrogens (tertiary/aromatic N) is 1. The fraction of sp³-hybridized carbons (Fsp3) is 0.727. The molecule has 0 aliphatic rings. The second-order valence-electron chi connectivity index (χ2n) is 21.8. The van der Waals surface area contributed by atoms with E-state index in [1.165, 1.54) is 89.9 Å². The first-order valence-electron chi connectivity index (χ1n) is 31.1. The summed E-state index contributed by atoms with van der Waals surface area (Å²) in [4.78, 5) is 37.6. The van der Waals surface area contributed by atoms with Crippen LogP contribution in [0.5, 0.6) is 0 Å². The van der Waals surface area contributed by atoms with Crippen LogP contribution in [0.25, 0.3) is 0 Å². The lowest BCUT2D eigenvalue weighted by molar-refractivity contribution is -0.870. The standard InChI is InChI=1S/C66H117N2O7P/c1-7-10-13-16-19-22-25-27-28-29-30-31-32-33-34-35-36-37-38-39-40-41-44-47-50-53-56-59-66(70)75-64(57-54-51-48-45-43-26-23-20-17-14-11-8-2)63(62-74-76(71,72)73-61-60-68(4,5)6)67-65(69)58-55-52-49-46-42-24-21-18-15-12-9-3/h10,13,18-19,21-22,27-28,30-31,33-34,36-37,54,57,63-64H,7-9,11-12,14-17,20,23-26,29,32,35,38-53,55-56,58-62H2,1-6H3,(H-,67,69,71,72)/p+1/b13-10-,21-18-,22-19-,28-27-,31-30-,34-33-,37-36-,57-54-. The van der Waals surface area contributed by atoms with Crippen molar-refractivity contribution < 1.29 is 37.3 Å². The molecule has 0 radical (unpaired) electrons. The molecular formula is C66H118N2O7P+.